The molecule has 0 radical (unpaired) electrons. The zero-order valence-corrected chi connectivity index (χ0v) is 55.2. The number of likely N-dealkylation sites (tertiary alicyclic amines) is 1. The van der Waals surface area contributed by atoms with Crippen molar-refractivity contribution in [3.63, 3.8) is 0 Å². The normalized spacial score (nSPS) is 14.5. The third-order valence-electron chi connectivity index (χ3n) is 16.6. The lowest BCUT2D eigenvalue weighted by atomic mass is 9.73. The maximum atomic E-state index is 13.0. The van der Waals surface area contributed by atoms with Gasteiger partial charge in [0.15, 0.2) is 0 Å². The van der Waals surface area contributed by atoms with E-state index in [1.807, 2.05) is 6.20 Å². The van der Waals surface area contributed by atoms with Crippen LogP contribution in [-0.4, -0.2) is 86.6 Å². The van der Waals surface area contributed by atoms with Crippen molar-refractivity contribution in [3.8, 4) is 0 Å². The summed E-state index contributed by atoms with van der Waals surface area (Å²) in [5.74, 6) is 0.669. The second-order valence-electron chi connectivity index (χ2n) is 24.5. The van der Waals surface area contributed by atoms with Gasteiger partial charge in [0.1, 0.15) is 0 Å². The highest BCUT2D eigenvalue weighted by molar-refractivity contribution is 5.69. The quantitative estimate of drug-likeness (QED) is 0.0440. The van der Waals surface area contributed by atoms with Crippen molar-refractivity contribution in [1.82, 2.24) is 9.80 Å². The van der Waals surface area contributed by atoms with E-state index in [-0.39, 0.29) is 29.6 Å². The van der Waals surface area contributed by atoms with Gasteiger partial charge in [-0.1, -0.05) is 268 Å². The minimum atomic E-state index is -0.141. The molecule has 0 amide bonds. The number of piperidine rings is 1. The molecule has 8 heteroatoms. The number of allylic oxidation sites excluding steroid dienone is 1. The van der Waals surface area contributed by atoms with Gasteiger partial charge in [0.25, 0.3) is 0 Å². The highest BCUT2D eigenvalue weighted by atomic mass is 16.5. The fourth-order valence-corrected chi connectivity index (χ4v) is 10.4. The molecular weight excluding hydrogens is 977 g/mol. The molecule has 1 aliphatic rings. The first-order valence-corrected chi connectivity index (χ1v) is 34.7. The Morgan fingerprint density at radius 1 is 0.506 bits per heavy atom. The summed E-state index contributed by atoms with van der Waals surface area (Å²) in [6.07, 6.45) is 56.2. The van der Waals surface area contributed by atoms with E-state index in [2.05, 4.69) is 105 Å². The zero-order chi connectivity index (χ0) is 58.7. The fourth-order valence-electron chi connectivity index (χ4n) is 10.4. The molecule has 1 heterocycles. The van der Waals surface area contributed by atoms with Crippen molar-refractivity contribution in [3.05, 3.63) is 25.1 Å². The predicted octanol–water partition coefficient (Wildman–Crippen LogP) is 21.5. The molecule has 1 saturated heterocycles. The third-order valence-corrected chi connectivity index (χ3v) is 16.6. The predicted molar refractivity (Wildman–Crippen MR) is 345 cm³/mol. The van der Waals surface area contributed by atoms with Gasteiger partial charge < -0.3 is 28.7 Å². The van der Waals surface area contributed by atoms with Crippen LogP contribution in [-0.2, 0) is 28.5 Å². The molecule has 0 aromatic heterocycles. The molecule has 470 valence electrons. The average molecular weight is 1120 g/mol. The molecule has 79 heavy (non-hydrogen) atoms. The van der Waals surface area contributed by atoms with Crippen molar-refractivity contribution < 1.29 is 28.5 Å². The number of unbranched alkanes of at least 4 members (excludes halogenated alkanes) is 27. The summed E-state index contributed by atoms with van der Waals surface area (Å²) >= 11 is 0. The van der Waals surface area contributed by atoms with Gasteiger partial charge in [-0.2, -0.15) is 0 Å². The van der Waals surface area contributed by atoms with Crippen LogP contribution < -0.4 is 0 Å². The lowest BCUT2D eigenvalue weighted by molar-refractivity contribution is -0.146. The summed E-state index contributed by atoms with van der Waals surface area (Å²) in [6, 6.07) is 0. The van der Waals surface area contributed by atoms with Gasteiger partial charge in [0.05, 0.1) is 25.4 Å². The maximum absolute atomic E-state index is 13.0. The van der Waals surface area contributed by atoms with Crippen LogP contribution in [0, 0.1) is 17.3 Å². The van der Waals surface area contributed by atoms with E-state index < -0.39 is 0 Å². The number of carbonyl (C=O) groups is 2. The Bertz CT molecular complexity index is 1270. The van der Waals surface area contributed by atoms with Crippen molar-refractivity contribution in [2.75, 3.05) is 52.6 Å². The Balaban J connectivity index is 0. The van der Waals surface area contributed by atoms with Crippen LogP contribution in [0.1, 0.15) is 339 Å². The molecule has 0 aromatic carbocycles. The van der Waals surface area contributed by atoms with Crippen LogP contribution in [0.2, 0.25) is 0 Å². The lowest BCUT2D eigenvalue weighted by Gasteiger charge is -2.42. The number of hydrogen-bond acceptors (Lipinski definition) is 8. The highest BCUT2D eigenvalue weighted by Crippen LogP contribution is 2.39. The molecule has 0 bridgehead atoms. The van der Waals surface area contributed by atoms with Crippen molar-refractivity contribution >= 4 is 11.9 Å². The van der Waals surface area contributed by atoms with Gasteiger partial charge in [-0.05, 0) is 120 Å². The molecule has 0 aromatic rings. The van der Waals surface area contributed by atoms with E-state index in [1.54, 1.807) is 0 Å². The molecule has 8 nitrogen and oxygen atoms in total. The number of hydrogen-bond donors (Lipinski definition) is 0. The first-order valence-electron chi connectivity index (χ1n) is 34.7. The van der Waals surface area contributed by atoms with Crippen molar-refractivity contribution in [2.45, 2.75) is 352 Å². The fraction of sp³-hybridized carbons (Fsp3) is 0.915. The molecule has 0 aliphatic carbocycles. The molecule has 1 aliphatic heterocycles. The standard InChI is InChI=1S/C51H96N2O6.2C10H22/c1-9-13-15-17-19-21-25-41-56-47(8)27-29-49(54)58-43-34-51(32-39-53(40-33-51)37-24-23-36-52(12-4)38-31-45(5)6)35-44-59-50(55)30-28-48(46(7)11-3)57-42-26-22-20-18-16-14-10-2;2*1-3-5-7-9-10-8-6-4-2/h12,31,38,45-48H,4,9-11,13-30,32-37,39-44H2,1-3,5-8H3;2*3-10H2,1-2H3/b38-31-;;. The van der Waals surface area contributed by atoms with Crippen LogP contribution in [0.5, 0.6) is 0 Å². The number of esters is 2. The van der Waals surface area contributed by atoms with E-state index >= 15 is 0 Å². The summed E-state index contributed by atoms with van der Waals surface area (Å²) in [7, 11) is 0. The van der Waals surface area contributed by atoms with Crippen molar-refractivity contribution in [2.24, 2.45) is 17.3 Å². The summed E-state index contributed by atoms with van der Waals surface area (Å²) in [6.45, 7) is 34.9. The monoisotopic (exact) mass is 1120 g/mol. The number of rotatable bonds is 54. The lowest BCUT2D eigenvalue weighted by Crippen LogP contribution is -2.42. The topological polar surface area (TPSA) is 77.5 Å². The minimum absolute atomic E-state index is 0.00973. The molecule has 0 N–H and O–H groups in total. The Morgan fingerprint density at radius 3 is 1.29 bits per heavy atom. The third kappa shape index (κ3) is 53.8. The van der Waals surface area contributed by atoms with E-state index in [0.29, 0.717) is 50.7 Å². The number of ether oxygens (including phenoxy) is 4. The summed E-state index contributed by atoms with van der Waals surface area (Å²) in [4.78, 5) is 30.6. The van der Waals surface area contributed by atoms with E-state index in [4.69, 9.17) is 18.9 Å². The van der Waals surface area contributed by atoms with Gasteiger partial charge in [-0.25, -0.2) is 0 Å². The van der Waals surface area contributed by atoms with Crippen LogP contribution >= 0.6 is 0 Å². The van der Waals surface area contributed by atoms with E-state index in [9.17, 15) is 9.59 Å². The summed E-state index contributed by atoms with van der Waals surface area (Å²) in [5.41, 5.74) is -0.00973. The van der Waals surface area contributed by atoms with Crippen LogP contribution in [0.4, 0.5) is 0 Å². The second-order valence-corrected chi connectivity index (χ2v) is 24.5. The summed E-state index contributed by atoms with van der Waals surface area (Å²) in [5, 5.41) is 0. The molecule has 3 unspecified atom stereocenters. The Morgan fingerprint density at radius 2 is 0.899 bits per heavy atom. The molecule has 1 rings (SSSR count). The van der Waals surface area contributed by atoms with E-state index in [1.165, 1.54) is 180 Å². The second kappa shape index (κ2) is 60.7. The van der Waals surface area contributed by atoms with Crippen LogP contribution in [0.25, 0.3) is 0 Å². The molecule has 0 spiro atoms. The molecule has 3 atom stereocenters. The van der Waals surface area contributed by atoms with Crippen LogP contribution in [0.3, 0.4) is 0 Å². The first kappa shape index (κ1) is 79.2. The minimum Gasteiger partial charge on any atom is -0.466 e. The van der Waals surface area contributed by atoms with Gasteiger partial charge in [0.2, 0.25) is 0 Å². The molecular formula is C71H140N2O6. The van der Waals surface area contributed by atoms with Crippen LogP contribution in [0.15, 0.2) is 25.1 Å². The SMILES string of the molecule is C=CN(/C=C\C(C)C)CCCCN1CCC(CCOC(=O)CCC(C)OCCCCCCCCC)(CCOC(=O)CCC(OCCCCCCCCC)C(C)CC)CC1.CCCCCCCCCC.CCCCCCCCCC. The maximum Gasteiger partial charge on any atom is 0.305 e. The highest BCUT2D eigenvalue weighted by Gasteiger charge is 2.35. The smallest absolute Gasteiger partial charge is 0.305 e. The Labute approximate surface area is 494 Å². The summed E-state index contributed by atoms with van der Waals surface area (Å²) < 4.78 is 24.1. The van der Waals surface area contributed by atoms with Crippen molar-refractivity contribution in [1.29, 1.82) is 0 Å². The Hall–Kier alpha value is -1.90. The van der Waals surface area contributed by atoms with Gasteiger partial charge in [-0.15, -0.1) is 0 Å². The molecule has 0 saturated carbocycles. The first-order chi connectivity index (χ1) is 38.4. The number of carbonyl (C=O) groups excluding carboxylic acids is 2. The van der Waals surface area contributed by atoms with Gasteiger partial charge in [0, 0.05) is 32.6 Å². The zero-order valence-electron chi connectivity index (χ0n) is 55.2. The average Bonchev–Trinajstić information content (AvgIpc) is 3.45. The Kier molecular flexibility index (Phi) is 60.8. The van der Waals surface area contributed by atoms with E-state index in [0.717, 1.165) is 97.2 Å². The number of nitrogens with zero attached hydrogens (tertiary/aromatic N) is 2. The largest absolute Gasteiger partial charge is 0.466 e. The van der Waals surface area contributed by atoms with Gasteiger partial charge >= 0.3 is 11.9 Å². The molecule has 1 fully saturated rings. The van der Waals surface area contributed by atoms with Gasteiger partial charge in [-0.3, -0.25) is 9.59 Å².